The van der Waals surface area contributed by atoms with Crippen LogP contribution in [0.15, 0.2) is 29.1 Å². The highest BCUT2D eigenvalue weighted by Gasteiger charge is 2.18. The molecule has 0 aliphatic carbocycles. The molecule has 1 aromatic heterocycles. The highest BCUT2D eigenvalue weighted by atomic mass is 32.1. The fourth-order valence-electron chi connectivity index (χ4n) is 3.34. The summed E-state index contributed by atoms with van der Waals surface area (Å²) in [5.41, 5.74) is 2.55. The molecule has 1 fully saturated rings. The molecule has 146 valence electrons. The van der Waals surface area contributed by atoms with Gasteiger partial charge in [-0.1, -0.05) is 13.0 Å². The lowest BCUT2D eigenvalue weighted by Gasteiger charge is -2.26. The van der Waals surface area contributed by atoms with Crippen LogP contribution in [0.2, 0.25) is 0 Å². The van der Waals surface area contributed by atoms with Crippen LogP contribution < -0.4 is 10.9 Å². The molecule has 2 heterocycles. The molecule has 1 saturated heterocycles. The standard InChI is InChI=1S/C20H27N3O3S/c1-2-14-5-6-18-15(10-14)11-16(19(25)22-18)13-23(7-8-24)20(27)21-12-17-4-3-9-26-17/h5-6,10-11,17,24H,2-4,7-9,12-13H2,1H3,(H,21,27)(H,22,25)/t17-/m1/s1. The first-order valence-corrected chi connectivity index (χ1v) is 9.91. The van der Waals surface area contributed by atoms with Crippen molar-refractivity contribution in [3.05, 3.63) is 45.7 Å². The molecule has 0 bridgehead atoms. The van der Waals surface area contributed by atoms with E-state index in [0.29, 0.717) is 30.3 Å². The van der Waals surface area contributed by atoms with Gasteiger partial charge in [0.15, 0.2) is 5.11 Å². The van der Waals surface area contributed by atoms with Crippen LogP contribution >= 0.6 is 12.2 Å². The number of ether oxygens (including phenoxy) is 1. The molecular formula is C20H27N3O3S. The first kappa shape index (κ1) is 19.8. The van der Waals surface area contributed by atoms with Crippen molar-refractivity contribution in [2.24, 2.45) is 0 Å². The average molecular weight is 390 g/mol. The fourth-order valence-corrected chi connectivity index (χ4v) is 3.57. The van der Waals surface area contributed by atoms with Crippen LogP contribution in [0, 0.1) is 0 Å². The van der Waals surface area contributed by atoms with Crippen LogP contribution in [-0.2, 0) is 17.7 Å². The Labute approximate surface area is 164 Å². The van der Waals surface area contributed by atoms with Gasteiger partial charge >= 0.3 is 0 Å². The van der Waals surface area contributed by atoms with Gasteiger partial charge in [0, 0.05) is 30.8 Å². The topological polar surface area (TPSA) is 77.6 Å². The van der Waals surface area contributed by atoms with E-state index in [0.717, 1.165) is 36.8 Å². The van der Waals surface area contributed by atoms with Crippen molar-refractivity contribution < 1.29 is 9.84 Å². The maximum absolute atomic E-state index is 12.5. The highest BCUT2D eigenvalue weighted by Crippen LogP contribution is 2.15. The summed E-state index contributed by atoms with van der Waals surface area (Å²) in [5, 5.41) is 14.2. The van der Waals surface area contributed by atoms with Crippen molar-refractivity contribution in [2.45, 2.75) is 38.8 Å². The van der Waals surface area contributed by atoms with E-state index in [1.165, 1.54) is 5.56 Å². The van der Waals surface area contributed by atoms with Gasteiger partial charge in [0.2, 0.25) is 0 Å². The number of hydrogen-bond acceptors (Lipinski definition) is 4. The van der Waals surface area contributed by atoms with E-state index < -0.39 is 0 Å². The SMILES string of the molecule is CCc1ccc2[nH]c(=O)c(CN(CCO)C(=S)NC[C@H]3CCCO3)cc2c1. The van der Waals surface area contributed by atoms with Gasteiger partial charge in [-0.05, 0) is 60.6 Å². The third-order valence-electron chi connectivity index (χ3n) is 4.92. The normalized spacial score (nSPS) is 16.6. The minimum absolute atomic E-state index is 0.0345. The van der Waals surface area contributed by atoms with Crippen molar-refractivity contribution in [2.75, 3.05) is 26.3 Å². The van der Waals surface area contributed by atoms with Crippen molar-refractivity contribution in [1.82, 2.24) is 15.2 Å². The van der Waals surface area contributed by atoms with Gasteiger partial charge in [-0.2, -0.15) is 0 Å². The minimum atomic E-state index is -0.128. The summed E-state index contributed by atoms with van der Waals surface area (Å²) in [6, 6.07) is 7.98. The predicted octanol–water partition coefficient (Wildman–Crippen LogP) is 1.94. The Morgan fingerprint density at radius 2 is 2.30 bits per heavy atom. The van der Waals surface area contributed by atoms with Crippen molar-refractivity contribution in [3.8, 4) is 0 Å². The minimum Gasteiger partial charge on any atom is -0.395 e. The quantitative estimate of drug-likeness (QED) is 0.628. The zero-order valence-electron chi connectivity index (χ0n) is 15.7. The average Bonchev–Trinajstić information content (AvgIpc) is 3.19. The van der Waals surface area contributed by atoms with Gasteiger partial charge in [-0.25, -0.2) is 0 Å². The van der Waals surface area contributed by atoms with Crippen LogP contribution in [0.5, 0.6) is 0 Å². The van der Waals surface area contributed by atoms with Crippen LogP contribution in [0.3, 0.4) is 0 Å². The number of aromatic nitrogens is 1. The van der Waals surface area contributed by atoms with Crippen LogP contribution in [0.25, 0.3) is 10.9 Å². The number of aromatic amines is 1. The van der Waals surface area contributed by atoms with E-state index in [-0.39, 0.29) is 18.3 Å². The number of aliphatic hydroxyl groups excluding tert-OH is 1. The molecule has 7 heteroatoms. The molecule has 0 spiro atoms. The Bertz CT molecular complexity index is 846. The third-order valence-corrected chi connectivity index (χ3v) is 5.32. The van der Waals surface area contributed by atoms with Gasteiger partial charge in [0.25, 0.3) is 5.56 Å². The smallest absolute Gasteiger partial charge is 0.253 e. The summed E-state index contributed by atoms with van der Waals surface area (Å²) in [6.45, 7) is 4.23. The van der Waals surface area contributed by atoms with E-state index in [1.54, 1.807) is 0 Å². The van der Waals surface area contributed by atoms with Crippen molar-refractivity contribution >= 4 is 28.2 Å². The summed E-state index contributed by atoms with van der Waals surface area (Å²) in [7, 11) is 0. The number of hydrogen-bond donors (Lipinski definition) is 3. The maximum atomic E-state index is 12.5. The first-order chi connectivity index (χ1) is 13.1. The number of benzene rings is 1. The zero-order valence-corrected chi connectivity index (χ0v) is 16.5. The molecule has 0 unspecified atom stereocenters. The van der Waals surface area contributed by atoms with Crippen LogP contribution in [0.1, 0.15) is 30.9 Å². The number of nitrogens with zero attached hydrogens (tertiary/aromatic N) is 1. The van der Waals surface area contributed by atoms with E-state index in [2.05, 4.69) is 23.3 Å². The summed E-state index contributed by atoms with van der Waals surface area (Å²) in [6.07, 6.45) is 3.22. The first-order valence-electron chi connectivity index (χ1n) is 9.50. The summed E-state index contributed by atoms with van der Waals surface area (Å²) in [5.74, 6) is 0. The lowest BCUT2D eigenvalue weighted by Crippen LogP contribution is -2.44. The molecule has 3 rings (SSSR count). The van der Waals surface area contributed by atoms with Crippen LogP contribution in [-0.4, -0.2) is 52.5 Å². The molecule has 0 saturated carbocycles. The Hall–Kier alpha value is -1.96. The number of aliphatic hydroxyl groups is 1. The second kappa shape index (κ2) is 9.30. The molecule has 0 radical (unpaired) electrons. The van der Waals surface area contributed by atoms with Gasteiger partial charge in [0.1, 0.15) is 0 Å². The number of rotatable bonds is 7. The molecule has 1 aliphatic heterocycles. The Kier molecular flexibility index (Phi) is 6.82. The summed E-state index contributed by atoms with van der Waals surface area (Å²) >= 11 is 5.49. The van der Waals surface area contributed by atoms with Crippen molar-refractivity contribution in [1.29, 1.82) is 0 Å². The Balaban J connectivity index is 1.75. The molecule has 1 aromatic carbocycles. The molecular weight excluding hydrogens is 362 g/mol. The lowest BCUT2D eigenvalue weighted by molar-refractivity contribution is 0.113. The number of nitrogens with one attached hydrogen (secondary N) is 2. The van der Waals surface area contributed by atoms with Crippen LogP contribution in [0.4, 0.5) is 0 Å². The number of thiocarbonyl (C=S) groups is 1. The monoisotopic (exact) mass is 389 g/mol. The van der Waals surface area contributed by atoms with E-state index >= 15 is 0 Å². The van der Waals surface area contributed by atoms with E-state index in [1.807, 2.05) is 23.1 Å². The molecule has 1 atom stereocenters. The molecule has 6 nitrogen and oxygen atoms in total. The summed E-state index contributed by atoms with van der Waals surface area (Å²) in [4.78, 5) is 17.3. The second-order valence-electron chi connectivity index (χ2n) is 6.87. The predicted molar refractivity (Wildman–Crippen MR) is 111 cm³/mol. The number of aryl methyl sites for hydroxylation is 1. The maximum Gasteiger partial charge on any atom is 0.253 e. The Morgan fingerprint density at radius 1 is 1.44 bits per heavy atom. The second-order valence-corrected chi connectivity index (χ2v) is 7.25. The van der Waals surface area contributed by atoms with Gasteiger partial charge < -0.3 is 25.0 Å². The van der Waals surface area contributed by atoms with E-state index in [4.69, 9.17) is 17.0 Å². The molecule has 2 aromatic rings. The molecule has 1 aliphatic rings. The molecule has 0 amide bonds. The van der Waals surface area contributed by atoms with Gasteiger partial charge in [0.05, 0.1) is 19.3 Å². The number of pyridine rings is 1. The van der Waals surface area contributed by atoms with Crippen molar-refractivity contribution in [3.63, 3.8) is 0 Å². The summed E-state index contributed by atoms with van der Waals surface area (Å²) < 4.78 is 5.61. The number of fused-ring (bicyclic) bond motifs is 1. The lowest BCUT2D eigenvalue weighted by atomic mass is 10.1. The Morgan fingerprint density at radius 3 is 3.00 bits per heavy atom. The highest BCUT2D eigenvalue weighted by molar-refractivity contribution is 7.80. The molecule has 27 heavy (non-hydrogen) atoms. The third kappa shape index (κ3) is 5.06. The largest absolute Gasteiger partial charge is 0.395 e. The van der Waals surface area contributed by atoms with Gasteiger partial charge in [-0.15, -0.1) is 0 Å². The molecule has 3 N–H and O–H groups in total. The zero-order chi connectivity index (χ0) is 19.2. The number of H-pyrrole nitrogens is 1. The van der Waals surface area contributed by atoms with E-state index in [9.17, 15) is 9.90 Å². The fraction of sp³-hybridized carbons (Fsp3) is 0.500. The van der Waals surface area contributed by atoms with Gasteiger partial charge in [-0.3, -0.25) is 4.79 Å².